The fraction of sp³-hybridized carbons (Fsp3) is 1.00. The van der Waals surface area contributed by atoms with Crippen LogP contribution in [-0.2, 0) is 10.9 Å². The van der Waals surface area contributed by atoms with Crippen LogP contribution >= 0.6 is 0 Å². The highest BCUT2D eigenvalue weighted by Crippen LogP contribution is 2.02. The lowest BCUT2D eigenvalue weighted by molar-refractivity contribution is 0.214. The first kappa shape index (κ1) is 11.3. The van der Waals surface area contributed by atoms with Crippen LogP contribution in [0.4, 0.5) is 0 Å². The molecular weight excluding hydrogens is 160 g/mol. The minimum Gasteiger partial charge on any atom is -0.389 e. The zero-order chi connectivity index (χ0) is 8.85. The van der Waals surface area contributed by atoms with E-state index in [2.05, 4.69) is 6.92 Å². The predicted octanol–water partition coefficient (Wildman–Crippen LogP) is 0.386. The van der Waals surface area contributed by atoms with Crippen LogP contribution in [0.15, 0.2) is 0 Å². The predicted molar refractivity (Wildman–Crippen MR) is 51.0 cm³/mol. The Hall–Kier alpha value is 0.270. The molecule has 0 aromatic heterocycles. The Labute approximate surface area is 72.0 Å². The van der Waals surface area contributed by atoms with Crippen LogP contribution in [0, 0.1) is 0 Å². The summed E-state index contributed by atoms with van der Waals surface area (Å²) in [7, 11) is 0.208. The second kappa shape index (κ2) is 5.86. The van der Waals surface area contributed by atoms with Crippen molar-refractivity contribution in [2.45, 2.75) is 33.0 Å². The molecule has 2 unspecified atom stereocenters. The Morgan fingerprint density at radius 3 is 1.64 bits per heavy atom. The van der Waals surface area contributed by atoms with Gasteiger partial charge in [-0.1, -0.05) is 0 Å². The average Bonchev–Trinajstić information content (AvgIpc) is 1.84. The van der Waals surface area contributed by atoms with Crippen molar-refractivity contribution in [1.82, 2.24) is 0 Å². The fourth-order valence-electron chi connectivity index (χ4n) is 0.986. The molecule has 0 amide bonds. The van der Waals surface area contributed by atoms with Crippen LogP contribution in [0.3, 0.4) is 0 Å². The highest BCUT2D eigenvalue weighted by Gasteiger charge is 2.20. The first-order valence-electron chi connectivity index (χ1n) is 4.06. The lowest BCUT2D eigenvalue weighted by Gasteiger charge is -2.09. The van der Waals surface area contributed by atoms with Gasteiger partial charge in [-0.3, -0.25) is 0 Å². The van der Waals surface area contributed by atoms with Crippen molar-refractivity contribution in [3.8, 4) is 0 Å². The Morgan fingerprint density at radius 2 is 1.45 bits per heavy atom. The Kier molecular flexibility index (Phi) is 6.01. The maximum Gasteiger partial charge on any atom is 0.133 e. The molecule has 0 heterocycles. The SMILES string of the molecule is CC[S+](CC(C)O)CC(C)O. The molecule has 0 saturated carbocycles. The van der Waals surface area contributed by atoms with E-state index < -0.39 is 0 Å². The van der Waals surface area contributed by atoms with Crippen molar-refractivity contribution in [3.63, 3.8) is 0 Å². The molecule has 68 valence electrons. The van der Waals surface area contributed by atoms with Crippen LogP contribution < -0.4 is 0 Å². The molecule has 3 heteroatoms. The Morgan fingerprint density at radius 1 is 1.09 bits per heavy atom. The van der Waals surface area contributed by atoms with Gasteiger partial charge in [-0.05, 0) is 31.7 Å². The lowest BCUT2D eigenvalue weighted by Crippen LogP contribution is -2.27. The van der Waals surface area contributed by atoms with Crippen molar-refractivity contribution < 1.29 is 10.2 Å². The monoisotopic (exact) mass is 179 g/mol. The third-order valence-electron chi connectivity index (χ3n) is 1.36. The highest BCUT2D eigenvalue weighted by molar-refractivity contribution is 7.96. The normalized spacial score (nSPS) is 19.4. The molecule has 0 saturated heterocycles. The molecule has 2 N–H and O–H groups in total. The maximum absolute atomic E-state index is 9.09. The van der Waals surface area contributed by atoms with E-state index >= 15 is 0 Å². The summed E-state index contributed by atoms with van der Waals surface area (Å²) in [5.74, 6) is 2.73. The van der Waals surface area contributed by atoms with Crippen LogP contribution in [0.2, 0.25) is 0 Å². The largest absolute Gasteiger partial charge is 0.389 e. The third-order valence-corrected chi connectivity index (χ3v) is 4.09. The number of aliphatic hydroxyl groups excluding tert-OH is 2. The molecule has 0 aliphatic heterocycles. The van der Waals surface area contributed by atoms with Gasteiger partial charge in [0.2, 0.25) is 0 Å². The zero-order valence-corrected chi connectivity index (χ0v) is 8.40. The minimum atomic E-state index is -0.225. The van der Waals surface area contributed by atoms with Crippen molar-refractivity contribution in [1.29, 1.82) is 0 Å². The molecule has 0 aliphatic rings. The molecule has 0 aliphatic carbocycles. The summed E-state index contributed by atoms with van der Waals surface area (Å²) in [4.78, 5) is 0. The van der Waals surface area contributed by atoms with E-state index in [1.807, 2.05) is 0 Å². The molecule has 0 fully saturated rings. The summed E-state index contributed by atoms with van der Waals surface area (Å²) in [6.07, 6.45) is -0.450. The first-order chi connectivity index (χ1) is 5.06. The standard InChI is InChI=1S/C8H19O2S/c1-4-11(5-7(2)9)6-8(3)10/h7-10H,4-6H2,1-3H3/q+1. The van der Waals surface area contributed by atoms with Gasteiger partial charge >= 0.3 is 0 Å². The summed E-state index contributed by atoms with van der Waals surface area (Å²) < 4.78 is 0. The third kappa shape index (κ3) is 6.66. The summed E-state index contributed by atoms with van der Waals surface area (Å²) in [5, 5.41) is 18.2. The molecular formula is C8H19O2S+. The van der Waals surface area contributed by atoms with Gasteiger partial charge in [0.05, 0.1) is 12.2 Å². The Bertz CT molecular complexity index is 84.1. The number of rotatable bonds is 5. The van der Waals surface area contributed by atoms with Gasteiger partial charge < -0.3 is 10.2 Å². The molecule has 0 bridgehead atoms. The lowest BCUT2D eigenvalue weighted by atomic mass is 10.5. The van der Waals surface area contributed by atoms with Crippen LogP contribution in [0.25, 0.3) is 0 Å². The summed E-state index contributed by atoms with van der Waals surface area (Å²) in [6, 6.07) is 0. The van der Waals surface area contributed by atoms with Gasteiger partial charge in [0, 0.05) is 0 Å². The van der Waals surface area contributed by atoms with Crippen molar-refractivity contribution in [2.75, 3.05) is 17.3 Å². The molecule has 0 aromatic rings. The van der Waals surface area contributed by atoms with E-state index in [0.29, 0.717) is 0 Å². The van der Waals surface area contributed by atoms with Crippen LogP contribution in [-0.4, -0.2) is 39.7 Å². The van der Waals surface area contributed by atoms with Gasteiger partial charge in [0.25, 0.3) is 0 Å². The number of aliphatic hydroxyl groups is 2. The van der Waals surface area contributed by atoms with E-state index in [0.717, 1.165) is 17.3 Å². The van der Waals surface area contributed by atoms with Crippen molar-refractivity contribution in [2.24, 2.45) is 0 Å². The molecule has 2 atom stereocenters. The number of hydrogen-bond donors (Lipinski definition) is 2. The van der Waals surface area contributed by atoms with Crippen LogP contribution in [0.1, 0.15) is 20.8 Å². The van der Waals surface area contributed by atoms with Crippen molar-refractivity contribution >= 4 is 10.9 Å². The topological polar surface area (TPSA) is 40.5 Å². The zero-order valence-electron chi connectivity index (χ0n) is 7.58. The summed E-state index contributed by atoms with van der Waals surface area (Å²) in [5.41, 5.74) is 0. The van der Waals surface area contributed by atoms with E-state index in [9.17, 15) is 0 Å². The van der Waals surface area contributed by atoms with Gasteiger partial charge in [-0.2, -0.15) is 0 Å². The molecule has 2 nitrogen and oxygen atoms in total. The molecule has 0 radical (unpaired) electrons. The van der Waals surface area contributed by atoms with Gasteiger partial charge in [0.15, 0.2) is 0 Å². The molecule has 0 spiro atoms. The minimum absolute atomic E-state index is 0.208. The Balaban J connectivity index is 3.58. The maximum atomic E-state index is 9.09. The molecule has 0 aromatic carbocycles. The van der Waals surface area contributed by atoms with Gasteiger partial charge in [-0.15, -0.1) is 0 Å². The molecule has 0 rings (SSSR count). The van der Waals surface area contributed by atoms with Gasteiger partial charge in [-0.25, -0.2) is 0 Å². The van der Waals surface area contributed by atoms with E-state index in [1.165, 1.54) is 0 Å². The van der Waals surface area contributed by atoms with Crippen LogP contribution in [0.5, 0.6) is 0 Å². The van der Waals surface area contributed by atoms with Crippen molar-refractivity contribution in [3.05, 3.63) is 0 Å². The smallest absolute Gasteiger partial charge is 0.133 e. The van der Waals surface area contributed by atoms with E-state index in [4.69, 9.17) is 10.2 Å². The van der Waals surface area contributed by atoms with E-state index in [1.54, 1.807) is 13.8 Å². The summed E-state index contributed by atoms with van der Waals surface area (Å²) >= 11 is 0. The summed E-state index contributed by atoms with van der Waals surface area (Å²) in [6.45, 7) is 5.71. The van der Waals surface area contributed by atoms with Gasteiger partial charge in [0.1, 0.15) is 17.3 Å². The fourth-order valence-corrected chi connectivity index (χ4v) is 2.96. The average molecular weight is 179 g/mol. The van der Waals surface area contributed by atoms with E-state index in [-0.39, 0.29) is 23.1 Å². The second-order valence-corrected chi connectivity index (χ2v) is 5.40. The highest BCUT2D eigenvalue weighted by atomic mass is 32.2. The molecule has 11 heavy (non-hydrogen) atoms. The first-order valence-corrected chi connectivity index (χ1v) is 5.79. The number of hydrogen-bond acceptors (Lipinski definition) is 2. The quantitative estimate of drug-likeness (QED) is 0.599. The second-order valence-electron chi connectivity index (χ2n) is 2.93.